The van der Waals surface area contributed by atoms with Crippen LogP contribution in [0.4, 0.5) is 0 Å². The summed E-state index contributed by atoms with van der Waals surface area (Å²) in [5.74, 6) is 1.50. The second-order valence-corrected chi connectivity index (χ2v) is 4.73. The van der Waals surface area contributed by atoms with Crippen LogP contribution in [0.5, 0.6) is 0 Å². The van der Waals surface area contributed by atoms with Crippen molar-refractivity contribution in [2.24, 2.45) is 5.92 Å². The standard InChI is InChI=1S/C12H16O2/c1-12(2)6-5-10-7-9(8-13)3-4-11(10)14-12/h3-4,8,10H,5-7H2,1-2H3. The van der Waals surface area contributed by atoms with Gasteiger partial charge in [0.05, 0.1) is 0 Å². The maximum atomic E-state index is 10.6. The Labute approximate surface area is 84.6 Å². The quantitative estimate of drug-likeness (QED) is 0.597. The van der Waals surface area contributed by atoms with E-state index in [1.165, 1.54) is 0 Å². The smallest absolute Gasteiger partial charge is 0.146 e. The zero-order valence-electron chi connectivity index (χ0n) is 8.75. The van der Waals surface area contributed by atoms with Gasteiger partial charge in [-0.05, 0) is 44.8 Å². The fraction of sp³-hybridized carbons (Fsp3) is 0.583. The van der Waals surface area contributed by atoms with Crippen LogP contribution in [0.3, 0.4) is 0 Å². The number of hydrogen-bond acceptors (Lipinski definition) is 2. The van der Waals surface area contributed by atoms with Crippen molar-refractivity contribution in [2.75, 3.05) is 0 Å². The molecule has 1 heterocycles. The Bertz CT molecular complexity index is 310. The number of aldehydes is 1. The van der Waals surface area contributed by atoms with Crippen molar-refractivity contribution >= 4 is 6.29 Å². The van der Waals surface area contributed by atoms with E-state index in [9.17, 15) is 4.79 Å². The molecule has 0 aromatic carbocycles. The summed E-state index contributed by atoms with van der Waals surface area (Å²) in [4.78, 5) is 10.6. The van der Waals surface area contributed by atoms with E-state index >= 15 is 0 Å². The minimum Gasteiger partial charge on any atom is -0.492 e. The molecule has 14 heavy (non-hydrogen) atoms. The summed E-state index contributed by atoms with van der Waals surface area (Å²) in [6.07, 6.45) is 7.84. The minimum absolute atomic E-state index is 0.0329. The highest BCUT2D eigenvalue weighted by Crippen LogP contribution is 2.39. The summed E-state index contributed by atoms with van der Waals surface area (Å²) < 4.78 is 5.87. The predicted octanol–water partition coefficient (Wildman–Crippen LogP) is 2.60. The second kappa shape index (κ2) is 3.26. The molecule has 76 valence electrons. The Morgan fingerprint density at radius 3 is 3.00 bits per heavy atom. The van der Waals surface area contributed by atoms with E-state index in [-0.39, 0.29) is 5.60 Å². The van der Waals surface area contributed by atoms with Crippen molar-refractivity contribution < 1.29 is 9.53 Å². The third-order valence-corrected chi connectivity index (χ3v) is 2.99. The monoisotopic (exact) mass is 192 g/mol. The molecule has 0 spiro atoms. The van der Waals surface area contributed by atoms with Crippen molar-refractivity contribution in [3.8, 4) is 0 Å². The Morgan fingerprint density at radius 1 is 1.50 bits per heavy atom. The average molecular weight is 192 g/mol. The van der Waals surface area contributed by atoms with Crippen LogP contribution in [-0.2, 0) is 9.53 Å². The highest BCUT2D eigenvalue weighted by Gasteiger charge is 2.33. The Kier molecular flexibility index (Phi) is 2.22. The van der Waals surface area contributed by atoms with Gasteiger partial charge in [0.2, 0.25) is 0 Å². The molecule has 2 rings (SSSR count). The van der Waals surface area contributed by atoms with Gasteiger partial charge in [-0.15, -0.1) is 0 Å². The van der Waals surface area contributed by atoms with Crippen LogP contribution in [-0.4, -0.2) is 11.9 Å². The third kappa shape index (κ3) is 1.74. The first-order valence-electron chi connectivity index (χ1n) is 5.16. The number of rotatable bonds is 1. The number of carbonyl (C=O) groups excluding carboxylic acids is 1. The highest BCUT2D eigenvalue weighted by molar-refractivity contribution is 5.74. The van der Waals surface area contributed by atoms with E-state index in [1.54, 1.807) is 0 Å². The molecular weight excluding hydrogens is 176 g/mol. The molecule has 0 aromatic heterocycles. The first-order chi connectivity index (χ1) is 6.61. The molecule has 0 bridgehead atoms. The molecule has 1 aliphatic carbocycles. The fourth-order valence-electron chi connectivity index (χ4n) is 2.12. The van der Waals surface area contributed by atoms with Gasteiger partial charge in [-0.25, -0.2) is 0 Å². The van der Waals surface area contributed by atoms with Crippen molar-refractivity contribution in [3.63, 3.8) is 0 Å². The van der Waals surface area contributed by atoms with Crippen LogP contribution in [0.15, 0.2) is 23.5 Å². The van der Waals surface area contributed by atoms with E-state index in [1.807, 2.05) is 12.2 Å². The van der Waals surface area contributed by atoms with E-state index < -0.39 is 0 Å². The largest absolute Gasteiger partial charge is 0.492 e. The van der Waals surface area contributed by atoms with Gasteiger partial charge in [0.25, 0.3) is 0 Å². The van der Waals surface area contributed by atoms with Crippen LogP contribution in [0.1, 0.15) is 33.1 Å². The van der Waals surface area contributed by atoms with Gasteiger partial charge >= 0.3 is 0 Å². The van der Waals surface area contributed by atoms with Crippen LogP contribution >= 0.6 is 0 Å². The van der Waals surface area contributed by atoms with Crippen LogP contribution in [0, 0.1) is 5.92 Å². The molecule has 1 aliphatic heterocycles. The second-order valence-electron chi connectivity index (χ2n) is 4.73. The van der Waals surface area contributed by atoms with Crippen molar-refractivity contribution in [1.82, 2.24) is 0 Å². The lowest BCUT2D eigenvalue weighted by Gasteiger charge is -2.38. The van der Waals surface area contributed by atoms with E-state index in [0.29, 0.717) is 5.92 Å². The van der Waals surface area contributed by atoms with Crippen molar-refractivity contribution in [2.45, 2.75) is 38.7 Å². The van der Waals surface area contributed by atoms with Crippen LogP contribution < -0.4 is 0 Å². The van der Waals surface area contributed by atoms with Gasteiger partial charge in [0.15, 0.2) is 0 Å². The molecule has 2 nitrogen and oxygen atoms in total. The normalized spacial score (nSPS) is 29.4. The lowest BCUT2D eigenvalue weighted by atomic mass is 9.83. The van der Waals surface area contributed by atoms with Gasteiger partial charge in [-0.2, -0.15) is 0 Å². The number of ether oxygens (including phenoxy) is 1. The van der Waals surface area contributed by atoms with Gasteiger partial charge in [-0.3, -0.25) is 4.79 Å². The summed E-state index contributed by atoms with van der Waals surface area (Å²) in [5.41, 5.74) is 0.858. The Hall–Kier alpha value is -1.05. The van der Waals surface area contributed by atoms with Gasteiger partial charge in [0.1, 0.15) is 17.6 Å². The van der Waals surface area contributed by atoms with Gasteiger partial charge in [-0.1, -0.05) is 6.08 Å². The Balaban J connectivity index is 2.19. The summed E-state index contributed by atoms with van der Waals surface area (Å²) in [7, 11) is 0. The molecule has 1 saturated heterocycles. The lowest BCUT2D eigenvalue weighted by molar-refractivity contribution is -0.105. The van der Waals surface area contributed by atoms with Gasteiger partial charge < -0.3 is 4.74 Å². The fourth-order valence-corrected chi connectivity index (χ4v) is 2.12. The molecule has 0 amide bonds. The summed E-state index contributed by atoms with van der Waals surface area (Å²) in [6.45, 7) is 4.23. The number of carbonyl (C=O) groups is 1. The lowest BCUT2D eigenvalue weighted by Crippen LogP contribution is -2.33. The first kappa shape index (κ1) is 9.50. The first-order valence-corrected chi connectivity index (χ1v) is 5.16. The maximum Gasteiger partial charge on any atom is 0.146 e. The summed E-state index contributed by atoms with van der Waals surface area (Å²) in [6, 6.07) is 0. The maximum absolute atomic E-state index is 10.6. The molecule has 1 fully saturated rings. The van der Waals surface area contributed by atoms with E-state index in [4.69, 9.17) is 4.74 Å². The molecule has 0 saturated carbocycles. The molecular formula is C12H16O2. The zero-order valence-corrected chi connectivity index (χ0v) is 8.75. The third-order valence-electron chi connectivity index (χ3n) is 2.99. The van der Waals surface area contributed by atoms with Crippen LogP contribution in [0.2, 0.25) is 0 Å². The topological polar surface area (TPSA) is 26.3 Å². The molecule has 0 radical (unpaired) electrons. The van der Waals surface area contributed by atoms with Crippen LogP contribution in [0.25, 0.3) is 0 Å². The van der Waals surface area contributed by atoms with Crippen molar-refractivity contribution in [3.05, 3.63) is 23.5 Å². The molecule has 2 aliphatic rings. The number of allylic oxidation sites excluding steroid dienone is 4. The Morgan fingerprint density at radius 2 is 2.29 bits per heavy atom. The van der Waals surface area contributed by atoms with Crippen molar-refractivity contribution in [1.29, 1.82) is 0 Å². The number of hydrogen-bond donors (Lipinski definition) is 0. The van der Waals surface area contributed by atoms with E-state index in [0.717, 1.165) is 36.9 Å². The zero-order chi connectivity index (χ0) is 10.2. The molecule has 0 N–H and O–H groups in total. The molecule has 0 aromatic rings. The summed E-state index contributed by atoms with van der Waals surface area (Å²) >= 11 is 0. The summed E-state index contributed by atoms with van der Waals surface area (Å²) in [5, 5.41) is 0. The number of fused-ring (bicyclic) bond motifs is 1. The molecule has 2 heteroatoms. The molecule has 1 unspecified atom stereocenters. The average Bonchev–Trinajstić information content (AvgIpc) is 2.16. The minimum atomic E-state index is -0.0329. The molecule has 1 atom stereocenters. The van der Waals surface area contributed by atoms with Gasteiger partial charge in [0, 0.05) is 5.92 Å². The SMILES string of the molecule is CC1(C)CCC2CC(C=O)=CC=C2O1. The van der Waals surface area contributed by atoms with E-state index in [2.05, 4.69) is 13.8 Å². The highest BCUT2D eigenvalue weighted by atomic mass is 16.5. The predicted molar refractivity (Wildman–Crippen MR) is 54.7 cm³/mol.